The Bertz CT molecular complexity index is 502. The van der Waals surface area contributed by atoms with Crippen molar-refractivity contribution in [3.05, 3.63) is 29.2 Å². The molecule has 0 aromatic carbocycles. The van der Waals surface area contributed by atoms with E-state index in [1.54, 1.807) is 6.92 Å². The second-order valence-corrected chi connectivity index (χ2v) is 4.41. The molecule has 0 unspecified atom stereocenters. The van der Waals surface area contributed by atoms with Gasteiger partial charge in [0.05, 0.1) is 12.2 Å². The van der Waals surface area contributed by atoms with Crippen LogP contribution < -0.4 is 5.32 Å². The molecule has 98 valence electrons. The fourth-order valence-electron chi connectivity index (χ4n) is 1.87. The molecular weight excluding hydrogens is 230 g/mol. The van der Waals surface area contributed by atoms with Crippen molar-refractivity contribution >= 4 is 0 Å². The van der Waals surface area contributed by atoms with Gasteiger partial charge in [0.25, 0.3) is 0 Å². The van der Waals surface area contributed by atoms with Gasteiger partial charge in [-0.2, -0.15) is 10.1 Å². The Labute approximate surface area is 106 Å². The minimum absolute atomic E-state index is 0.606. The lowest BCUT2D eigenvalue weighted by Crippen LogP contribution is -2.18. The lowest BCUT2D eigenvalue weighted by atomic mass is 10.4. The van der Waals surface area contributed by atoms with Crippen molar-refractivity contribution in [3.63, 3.8) is 0 Å². The first-order valence-corrected chi connectivity index (χ1v) is 6.16. The van der Waals surface area contributed by atoms with Crippen molar-refractivity contribution in [2.45, 2.75) is 40.3 Å². The molecule has 0 radical (unpaired) electrons. The van der Waals surface area contributed by atoms with Crippen LogP contribution in [0.4, 0.5) is 0 Å². The maximum absolute atomic E-state index is 4.89. The van der Waals surface area contributed by atoms with Crippen LogP contribution >= 0.6 is 0 Å². The van der Waals surface area contributed by atoms with Crippen molar-refractivity contribution in [2.24, 2.45) is 0 Å². The van der Waals surface area contributed by atoms with E-state index in [9.17, 15) is 0 Å². The molecule has 0 aliphatic heterocycles. The summed E-state index contributed by atoms with van der Waals surface area (Å²) in [6, 6.07) is 2.09. The average molecular weight is 249 g/mol. The Balaban J connectivity index is 1.66. The van der Waals surface area contributed by atoms with Gasteiger partial charge in [0.15, 0.2) is 5.82 Å². The number of nitrogens with one attached hydrogen (secondary N) is 1. The summed E-state index contributed by atoms with van der Waals surface area (Å²) in [5.74, 6) is 1.31. The molecule has 0 spiro atoms. The van der Waals surface area contributed by atoms with Gasteiger partial charge in [-0.3, -0.25) is 4.68 Å². The number of aryl methyl sites for hydroxylation is 4. The minimum Gasteiger partial charge on any atom is -0.340 e. The van der Waals surface area contributed by atoms with Crippen LogP contribution in [-0.4, -0.2) is 26.5 Å². The van der Waals surface area contributed by atoms with E-state index in [-0.39, 0.29) is 0 Å². The fraction of sp³-hybridized carbons (Fsp3) is 0.583. The molecule has 0 atom stereocenters. The number of rotatable bonds is 6. The smallest absolute Gasteiger partial charge is 0.223 e. The molecule has 0 saturated carbocycles. The maximum Gasteiger partial charge on any atom is 0.223 e. The number of hydrogen-bond donors (Lipinski definition) is 1. The molecule has 2 heterocycles. The standard InChI is InChI=1S/C12H19N5O/c1-9-7-10(2)17(15-9)6-4-5-13-8-12-14-11(3)18-16-12/h7,13H,4-6,8H2,1-3H3. The zero-order valence-electron chi connectivity index (χ0n) is 11.1. The van der Waals surface area contributed by atoms with Gasteiger partial charge in [-0.1, -0.05) is 5.16 Å². The van der Waals surface area contributed by atoms with E-state index in [2.05, 4.69) is 33.5 Å². The van der Waals surface area contributed by atoms with Crippen molar-refractivity contribution in [1.82, 2.24) is 25.2 Å². The van der Waals surface area contributed by atoms with Crippen LogP contribution in [0.1, 0.15) is 29.5 Å². The van der Waals surface area contributed by atoms with E-state index in [4.69, 9.17) is 4.52 Å². The molecule has 2 aromatic rings. The van der Waals surface area contributed by atoms with Gasteiger partial charge in [0.2, 0.25) is 5.89 Å². The SMILES string of the molecule is Cc1cc(C)n(CCCNCc2noc(C)n2)n1. The highest BCUT2D eigenvalue weighted by atomic mass is 16.5. The summed E-state index contributed by atoms with van der Waals surface area (Å²) in [6.07, 6.45) is 1.03. The van der Waals surface area contributed by atoms with Crippen molar-refractivity contribution in [3.8, 4) is 0 Å². The molecule has 2 rings (SSSR count). The van der Waals surface area contributed by atoms with E-state index in [0.29, 0.717) is 18.3 Å². The van der Waals surface area contributed by atoms with Crippen molar-refractivity contribution in [2.75, 3.05) is 6.54 Å². The third-order valence-corrected chi connectivity index (χ3v) is 2.68. The molecule has 0 aliphatic carbocycles. The largest absolute Gasteiger partial charge is 0.340 e. The van der Waals surface area contributed by atoms with Crippen LogP contribution in [0.2, 0.25) is 0 Å². The summed E-state index contributed by atoms with van der Waals surface area (Å²) in [5.41, 5.74) is 2.28. The molecular formula is C12H19N5O. The van der Waals surface area contributed by atoms with Gasteiger partial charge in [-0.15, -0.1) is 0 Å². The quantitative estimate of drug-likeness (QED) is 0.783. The highest BCUT2D eigenvalue weighted by Gasteiger charge is 2.02. The minimum atomic E-state index is 0.606. The second-order valence-electron chi connectivity index (χ2n) is 4.41. The van der Waals surface area contributed by atoms with E-state index in [1.807, 2.05) is 11.6 Å². The number of aromatic nitrogens is 4. The zero-order chi connectivity index (χ0) is 13.0. The van der Waals surface area contributed by atoms with E-state index in [1.165, 1.54) is 5.69 Å². The van der Waals surface area contributed by atoms with Gasteiger partial charge >= 0.3 is 0 Å². The summed E-state index contributed by atoms with van der Waals surface area (Å²) >= 11 is 0. The van der Waals surface area contributed by atoms with Crippen LogP contribution in [0.3, 0.4) is 0 Å². The Morgan fingerprint density at radius 3 is 2.78 bits per heavy atom. The molecule has 0 amide bonds. The topological polar surface area (TPSA) is 68.8 Å². The first-order valence-electron chi connectivity index (χ1n) is 6.16. The Morgan fingerprint density at radius 1 is 1.33 bits per heavy atom. The highest BCUT2D eigenvalue weighted by molar-refractivity contribution is 5.06. The summed E-state index contributed by atoms with van der Waals surface area (Å²) in [4.78, 5) is 4.13. The fourth-order valence-corrected chi connectivity index (χ4v) is 1.87. The first-order chi connectivity index (χ1) is 8.65. The summed E-state index contributed by atoms with van der Waals surface area (Å²) < 4.78 is 6.93. The Morgan fingerprint density at radius 2 is 2.17 bits per heavy atom. The summed E-state index contributed by atoms with van der Waals surface area (Å²) in [7, 11) is 0. The van der Waals surface area contributed by atoms with Gasteiger partial charge in [0.1, 0.15) is 0 Å². The lowest BCUT2D eigenvalue weighted by Gasteiger charge is -2.04. The van der Waals surface area contributed by atoms with Crippen LogP contribution in [0.5, 0.6) is 0 Å². The maximum atomic E-state index is 4.89. The van der Waals surface area contributed by atoms with Crippen LogP contribution in [-0.2, 0) is 13.1 Å². The summed E-state index contributed by atoms with van der Waals surface area (Å²) in [5, 5.41) is 11.5. The van der Waals surface area contributed by atoms with Gasteiger partial charge < -0.3 is 9.84 Å². The molecule has 0 saturated heterocycles. The van der Waals surface area contributed by atoms with Crippen LogP contribution in [0, 0.1) is 20.8 Å². The number of hydrogen-bond acceptors (Lipinski definition) is 5. The lowest BCUT2D eigenvalue weighted by molar-refractivity contribution is 0.385. The first kappa shape index (κ1) is 12.8. The molecule has 6 heteroatoms. The van der Waals surface area contributed by atoms with E-state index < -0.39 is 0 Å². The molecule has 0 bridgehead atoms. The zero-order valence-corrected chi connectivity index (χ0v) is 11.1. The van der Waals surface area contributed by atoms with E-state index in [0.717, 1.165) is 25.2 Å². The summed E-state index contributed by atoms with van der Waals surface area (Å²) in [6.45, 7) is 8.37. The predicted octanol–water partition coefficient (Wildman–Crippen LogP) is 1.37. The van der Waals surface area contributed by atoms with Gasteiger partial charge in [-0.25, -0.2) is 0 Å². The normalized spacial score (nSPS) is 11.1. The Hall–Kier alpha value is -1.69. The van der Waals surface area contributed by atoms with E-state index >= 15 is 0 Å². The second kappa shape index (κ2) is 5.77. The van der Waals surface area contributed by atoms with Gasteiger partial charge in [0, 0.05) is 19.2 Å². The molecule has 18 heavy (non-hydrogen) atoms. The van der Waals surface area contributed by atoms with Gasteiger partial charge in [-0.05, 0) is 32.9 Å². The molecule has 0 aliphatic rings. The van der Waals surface area contributed by atoms with Crippen molar-refractivity contribution in [1.29, 1.82) is 0 Å². The third kappa shape index (κ3) is 3.40. The number of nitrogens with zero attached hydrogens (tertiary/aromatic N) is 4. The monoisotopic (exact) mass is 249 g/mol. The molecule has 6 nitrogen and oxygen atoms in total. The Kier molecular flexibility index (Phi) is 4.09. The molecule has 2 aromatic heterocycles. The average Bonchev–Trinajstić information content (AvgIpc) is 2.85. The molecule has 0 fully saturated rings. The third-order valence-electron chi connectivity index (χ3n) is 2.68. The molecule has 1 N–H and O–H groups in total. The van der Waals surface area contributed by atoms with Crippen molar-refractivity contribution < 1.29 is 4.52 Å². The predicted molar refractivity (Wildman–Crippen MR) is 67.1 cm³/mol. The highest BCUT2D eigenvalue weighted by Crippen LogP contribution is 2.02. The van der Waals surface area contributed by atoms with Crippen LogP contribution in [0.25, 0.3) is 0 Å². The van der Waals surface area contributed by atoms with Crippen LogP contribution in [0.15, 0.2) is 10.6 Å².